The minimum atomic E-state index is -0.773. The third-order valence-corrected chi connectivity index (χ3v) is 4.73. The number of aromatic nitrogens is 5. The first-order valence-electron chi connectivity index (χ1n) is 9.72. The quantitative estimate of drug-likeness (QED) is 0.525. The maximum absolute atomic E-state index is 14.9. The monoisotopic (exact) mass is 477 g/mol. The van der Waals surface area contributed by atoms with E-state index in [4.69, 9.17) is 15.2 Å². The Morgan fingerprint density at radius 3 is 2.76 bits per heavy atom. The predicted octanol–water partition coefficient (Wildman–Crippen LogP) is 1.72. The molecule has 1 saturated heterocycles. The van der Waals surface area contributed by atoms with E-state index in [1.165, 1.54) is 28.9 Å². The molecular formula is C20H21ClFN7O4. The summed E-state index contributed by atoms with van der Waals surface area (Å²) in [6, 6.07) is 7.00. The molecule has 33 heavy (non-hydrogen) atoms. The summed E-state index contributed by atoms with van der Waals surface area (Å²) in [5, 5.41) is 11.7. The largest absolute Gasteiger partial charge is 0.461 e. The number of esters is 1. The van der Waals surface area contributed by atoms with Crippen molar-refractivity contribution in [3.8, 4) is 22.6 Å². The number of pyridine rings is 1. The lowest BCUT2D eigenvalue weighted by Crippen LogP contribution is -2.32. The van der Waals surface area contributed by atoms with Gasteiger partial charge in [-0.1, -0.05) is 6.07 Å². The summed E-state index contributed by atoms with van der Waals surface area (Å²) in [5.74, 6) is -0.762. The first-order valence-corrected chi connectivity index (χ1v) is 9.72. The average Bonchev–Trinajstić information content (AvgIpc) is 3.37. The fraction of sp³-hybridized carbons (Fsp3) is 0.300. The van der Waals surface area contributed by atoms with E-state index in [9.17, 15) is 14.0 Å². The lowest BCUT2D eigenvalue weighted by Gasteiger charge is -2.14. The number of anilines is 1. The van der Waals surface area contributed by atoms with Gasteiger partial charge in [-0.2, -0.15) is 4.80 Å². The molecule has 0 bridgehead atoms. The van der Waals surface area contributed by atoms with Crippen molar-refractivity contribution >= 4 is 30.2 Å². The molecule has 1 amide bonds. The second-order valence-corrected chi connectivity index (χ2v) is 7.23. The molecule has 11 nitrogen and oxygen atoms in total. The highest BCUT2D eigenvalue weighted by Crippen LogP contribution is 2.29. The molecule has 3 heterocycles. The fourth-order valence-corrected chi connectivity index (χ4v) is 3.10. The normalized spacial score (nSPS) is 16.2. The fourth-order valence-electron chi connectivity index (χ4n) is 3.10. The van der Waals surface area contributed by atoms with Gasteiger partial charge in [0.2, 0.25) is 5.82 Å². The van der Waals surface area contributed by atoms with Gasteiger partial charge in [0.05, 0.1) is 19.3 Å². The van der Waals surface area contributed by atoms with Crippen molar-refractivity contribution in [2.75, 3.05) is 18.1 Å². The third kappa shape index (κ3) is 5.23. The molecule has 13 heteroatoms. The minimum absolute atomic E-state index is 0. The van der Waals surface area contributed by atoms with E-state index in [1.807, 2.05) is 0 Å². The van der Waals surface area contributed by atoms with Gasteiger partial charge in [0.15, 0.2) is 6.10 Å². The van der Waals surface area contributed by atoms with Gasteiger partial charge in [-0.25, -0.2) is 9.18 Å². The van der Waals surface area contributed by atoms with Crippen molar-refractivity contribution in [1.82, 2.24) is 25.2 Å². The average molecular weight is 478 g/mol. The van der Waals surface area contributed by atoms with Gasteiger partial charge in [-0.05, 0) is 36.4 Å². The number of ether oxygens (including phenoxy) is 2. The number of hydrogen-bond acceptors (Lipinski definition) is 9. The van der Waals surface area contributed by atoms with E-state index < -0.39 is 30.0 Å². The number of hydrogen-bond donors (Lipinski definition) is 1. The topological polar surface area (TPSA) is 138 Å². The molecule has 1 aliphatic heterocycles. The molecule has 1 aliphatic rings. The Labute approximate surface area is 194 Å². The Bertz CT molecular complexity index is 1160. The molecule has 3 aromatic rings. The molecule has 1 aromatic carbocycles. The summed E-state index contributed by atoms with van der Waals surface area (Å²) in [7, 11) is 1.65. The number of nitrogens with zero attached hydrogens (tertiary/aromatic N) is 6. The molecule has 0 spiro atoms. The summed E-state index contributed by atoms with van der Waals surface area (Å²) in [6.45, 7) is 1.49. The van der Waals surface area contributed by atoms with Crippen LogP contribution in [0.15, 0.2) is 36.5 Å². The number of benzene rings is 1. The van der Waals surface area contributed by atoms with Gasteiger partial charge < -0.3 is 15.2 Å². The maximum atomic E-state index is 14.9. The Morgan fingerprint density at radius 1 is 1.36 bits per heavy atom. The standard InChI is InChI=1S/C20H20FN7O4.ClH/c1-11(22)19(29)31-10-14-9-28(20(30)32-14)13-4-5-15(16(21)7-13)12-3-6-17(23-8-12)18-24-26-27(2)25-18;/h3-8,11,14H,9-10,22H2,1-2H3;1H/t11-,14+;/m0./s1. The second kappa shape index (κ2) is 9.88. The lowest BCUT2D eigenvalue weighted by molar-refractivity contribution is -0.147. The van der Waals surface area contributed by atoms with E-state index in [2.05, 4.69) is 20.4 Å². The van der Waals surface area contributed by atoms with Crippen molar-refractivity contribution in [3.05, 3.63) is 42.3 Å². The minimum Gasteiger partial charge on any atom is -0.461 e. The summed E-state index contributed by atoms with van der Waals surface area (Å²) >= 11 is 0. The molecule has 174 valence electrons. The summed E-state index contributed by atoms with van der Waals surface area (Å²) in [6.07, 6.45) is 0.192. The number of tetrazole rings is 1. The van der Waals surface area contributed by atoms with Gasteiger partial charge in [0.1, 0.15) is 24.2 Å². The van der Waals surface area contributed by atoms with Crippen molar-refractivity contribution in [2.45, 2.75) is 19.1 Å². The number of halogens is 2. The molecule has 0 saturated carbocycles. The second-order valence-electron chi connectivity index (χ2n) is 7.23. The van der Waals surface area contributed by atoms with Crippen LogP contribution in [0.2, 0.25) is 0 Å². The zero-order valence-corrected chi connectivity index (χ0v) is 18.5. The van der Waals surface area contributed by atoms with Gasteiger partial charge in [0.25, 0.3) is 0 Å². The first-order chi connectivity index (χ1) is 15.3. The van der Waals surface area contributed by atoms with Gasteiger partial charge in [-0.3, -0.25) is 14.7 Å². The van der Waals surface area contributed by atoms with E-state index in [0.29, 0.717) is 28.3 Å². The van der Waals surface area contributed by atoms with Crippen LogP contribution < -0.4 is 10.6 Å². The van der Waals surface area contributed by atoms with Crippen LogP contribution in [0, 0.1) is 5.82 Å². The smallest absolute Gasteiger partial charge is 0.414 e. The molecule has 1 fully saturated rings. The van der Waals surface area contributed by atoms with E-state index >= 15 is 0 Å². The Kier molecular flexibility index (Phi) is 7.19. The van der Waals surface area contributed by atoms with Crippen molar-refractivity contribution < 1.29 is 23.5 Å². The van der Waals surface area contributed by atoms with E-state index in [1.54, 1.807) is 31.3 Å². The highest BCUT2D eigenvalue weighted by molar-refractivity contribution is 5.90. The summed E-state index contributed by atoms with van der Waals surface area (Å²) < 4.78 is 25.0. The lowest BCUT2D eigenvalue weighted by atomic mass is 10.1. The number of amides is 1. The molecule has 0 unspecified atom stereocenters. The molecule has 2 atom stereocenters. The summed E-state index contributed by atoms with van der Waals surface area (Å²) in [5.41, 5.74) is 7.13. The SMILES string of the molecule is C[C@H](N)C(=O)OC[C@H]1CN(c2ccc(-c3ccc(-c4nnn(C)n4)nc3)c(F)c2)C(=O)O1.Cl. The van der Waals surface area contributed by atoms with Crippen LogP contribution in [-0.4, -0.2) is 62.6 Å². The Morgan fingerprint density at radius 2 is 2.15 bits per heavy atom. The van der Waals surface area contributed by atoms with Gasteiger partial charge in [0, 0.05) is 17.3 Å². The van der Waals surface area contributed by atoms with Crippen LogP contribution in [0.3, 0.4) is 0 Å². The van der Waals surface area contributed by atoms with Crippen molar-refractivity contribution in [2.24, 2.45) is 12.8 Å². The molecule has 4 rings (SSSR count). The van der Waals surface area contributed by atoms with Crippen LogP contribution in [0.1, 0.15) is 6.92 Å². The Hall–Kier alpha value is -3.64. The maximum Gasteiger partial charge on any atom is 0.414 e. The molecule has 2 aromatic heterocycles. The first kappa shape index (κ1) is 24.0. The number of carbonyl (C=O) groups is 2. The number of cyclic esters (lactones) is 1. The van der Waals surface area contributed by atoms with E-state index in [0.717, 1.165) is 0 Å². The third-order valence-electron chi connectivity index (χ3n) is 4.73. The van der Waals surface area contributed by atoms with E-state index in [-0.39, 0.29) is 25.6 Å². The number of rotatable bonds is 6. The van der Waals surface area contributed by atoms with Crippen LogP contribution in [-0.2, 0) is 21.3 Å². The number of nitrogens with two attached hydrogens (primary N) is 1. The highest BCUT2D eigenvalue weighted by Gasteiger charge is 2.33. The number of carbonyl (C=O) groups excluding carboxylic acids is 2. The highest BCUT2D eigenvalue weighted by atomic mass is 35.5. The van der Waals surface area contributed by atoms with Crippen molar-refractivity contribution in [3.63, 3.8) is 0 Å². The number of aryl methyl sites for hydroxylation is 1. The zero-order chi connectivity index (χ0) is 22.8. The molecule has 0 radical (unpaired) electrons. The molecule has 0 aliphatic carbocycles. The van der Waals surface area contributed by atoms with Crippen molar-refractivity contribution in [1.29, 1.82) is 0 Å². The van der Waals surface area contributed by atoms with Crippen LogP contribution in [0.25, 0.3) is 22.6 Å². The predicted molar refractivity (Wildman–Crippen MR) is 117 cm³/mol. The van der Waals surface area contributed by atoms with Crippen LogP contribution in [0.5, 0.6) is 0 Å². The zero-order valence-electron chi connectivity index (χ0n) is 17.7. The van der Waals surface area contributed by atoms with Gasteiger partial charge >= 0.3 is 12.1 Å². The van der Waals surface area contributed by atoms with Crippen LogP contribution in [0.4, 0.5) is 14.9 Å². The van der Waals surface area contributed by atoms with Crippen LogP contribution >= 0.6 is 12.4 Å². The molecule has 2 N–H and O–H groups in total. The Balaban J connectivity index is 0.00000306. The molecular weight excluding hydrogens is 457 g/mol. The van der Waals surface area contributed by atoms with Gasteiger partial charge in [-0.15, -0.1) is 22.6 Å². The summed E-state index contributed by atoms with van der Waals surface area (Å²) in [4.78, 5) is 30.5.